The molecule has 2 heterocycles. The Labute approximate surface area is 174 Å². The SMILES string of the molecule is COc1ccc(CC(=O)N[C@@H]2CC(=O)N(c3ccc4c(c3)OCCO4)C2)cc1OC. The molecule has 8 heteroatoms. The van der Waals surface area contributed by atoms with Gasteiger partial charge in [-0.2, -0.15) is 0 Å². The highest BCUT2D eigenvalue weighted by molar-refractivity contribution is 5.97. The van der Waals surface area contributed by atoms with Crippen molar-refractivity contribution in [2.45, 2.75) is 18.9 Å². The topological polar surface area (TPSA) is 86.3 Å². The Morgan fingerprint density at radius 3 is 2.60 bits per heavy atom. The monoisotopic (exact) mass is 412 g/mol. The number of fused-ring (bicyclic) bond motifs is 1. The van der Waals surface area contributed by atoms with Gasteiger partial charge in [-0.3, -0.25) is 9.59 Å². The molecule has 2 aromatic carbocycles. The van der Waals surface area contributed by atoms with Gasteiger partial charge >= 0.3 is 0 Å². The highest BCUT2D eigenvalue weighted by Gasteiger charge is 2.32. The maximum atomic E-state index is 12.5. The number of benzene rings is 2. The van der Waals surface area contributed by atoms with Crippen molar-refractivity contribution in [1.29, 1.82) is 0 Å². The minimum atomic E-state index is -0.252. The number of carbonyl (C=O) groups excluding carboxylic acids is 2. The molecule has 0 bridgehead atoms. The highest BCUT2D eigenvalue weighted by atomic mass is 16.6. The van der Waals surface area contributed by atoms with Gasteiger partial charge in [0, 0.05) is 24.7 Å². The first-order chi connectivity index (χ1) is 14.6. The van der Waals surface area contributed by atoms with Crippen LogP contribution in [0.2, 0.25) is 0 Å². The average molecular weight is 412 g/mol. The van der Waals surface area contributed by atoms with Crippen LogP contribution >= 0.6 is 0 Å². The summed E-state index contributed by atoms with van der Waals surface area (Å²) in [4.78, 5) is 26.7. The van der Waals surface area contributed by atoms with Crippen molar-refractivity contribution in [1.82, 2.24) is 5.32 Å². The molecule has 0 aliphatic carbocycles. The Balaban J connectivity index is 1.38. The van der Waals surface area contributed by atoms with Crippen LogP contribution in [-0.4, -0.2) is 51.8 Å². The van der Waals surface area contributed by atoms with Crippen LogP contribution in [0.4, 0.5) is 5.69 Å². The molecule has 4 rings (SSSR count). The lowest BCUT2D eigenvalue weighted by Gasteiger charge is -2.22. The molecule has 2 aliphatic heterocycles. The zero-order chi connectivity index (χ0) is 21.1. The molecule has 0 aromatic heterocycles. The Bertz CT molecular complexity index is 961. The van der Waals surface area contributed by atoms with Gasteiger partial charge < -0.3 is 29.2 Å². The van der Waals surface area contributed by atoms with Gasteiger partial charge in [-0.05, 0) is 29.8 Å². The van der Waals surface area contributed by atoms with Crippen molar-refractivity contribution in [2.24, 2.45) is 0 Å². The molecule has 0 radical (unpaired) electrons. The Hall–Kier alpha value is -3.42. The number of rotatable bonds is 6. The van der Waals surface area contributed by atoms with Crippen LogP contribution in [0.3, 0.4) is 0 Å². The van der Waals surface area contributed by atoms with Gasteiger partial charge in [-0.25, -0.2) is 0 Å². The summed E-state index contributed by atoms with van der Waals surface area (Å²) in [5.41, 5.74) is 1.54. The quantitative estimate of drug-likeness (QED) is 0.781. The number of amides is 2. The largest absolute Gasteiger partial charge is 0.493 e. The van der Waals surface area contributed by atoms with Crippen LogP contribution in [0.15, 0.2) is 36.4 Å². The predicted molar refractivity (Wildman–Crippen MR) is 110 cm³/mol. The van der Waals surface area contributed by atoms with Crippen LogP contribution < -0.4 is 29.2 Å². The predicted octanol–water partition coefficient (Wildman–Crippen LogP) is 1.94. The van der Waals surface area contributed by atoms with E-state index < -0.39 is 0 Å². The fourth-order valence-corrected chi connectivity index (χ4v) is 3.71. The fourth-order valence-electron chi connectivity index (χ4n) is 3.71. The van der Waals surface area contributed by atoms with E-state index in [1.165, 1.54) is 0 Å². The standard InChI is InChI=1S/C22H24N2O6/c1-27-17-5-3-14(9-19(17)28-2)10-21(25)23-15-11-22(26)24(13-15)16-4-6-18-20(12-16)30-8-7-29-18/h3-6,9,12,15H,7-8,10-11,13H2,1-2H3,(H,23,25)/t15-/m1/s1. The molecular formula is C22H24N2O6. The number of ether oxygens (including phenoxy) is 4. The van der Waals surface area contributed by atoms with Crippen LogP contribution in [0.1, 0.15) is 12.0 Å². The van der Waals surface area contributed by atoms with E-state index in [1.807, 2.05) is 12.1 Å². The maximum absolute atomic E-state index is 12.5. The zero-order valence-corrected chi connectivity index (χ0v) is 17.0. The summed E-state index contributed by atoms with van der Waals surface area (Å²) in [6.07, 6.45) is 0.446. The molecule has 158 valence electrons. The second-order valence-electron chi connectivity index (χ2n) is 7.17. The Morgan fingerprint density at radius 2 is 1.83 bits per heavy atom. The third-order valence-corrected chi connectivity index (χ3v) is 5.14. The summed E-state index contributed by atoms with van der Waals surface area (Å²) in [6.45, 7) is 1.42. The molecule has 0 spiro atoms. The summed E-state index contributed by atoms with van der Waals surface area (Å²) in [7, 11) is 3.12. The summed E-state index contributed by atoms with van der Waals surface area (Å²) < 4.78 is 21.6. The summed E-state index contributed by atoms with van der Waals surface area (Å²) in [5.74, 6) is 2.30. The minimum Gasteiger partial charge on any atom is -0.493 e. The zero-order valence-electron chi connectivity index (χ0n) is 17.0. The fraction of sp³-hybridized carbons (Fsp3) is 0.364. The molecule has 2 aliphatic rings. The molecule has 1 atom stereocenters. The first kappa shape index (κ1) is 19.9. The van der Waals surface area contributed by atoms with Crippen molar-refractivity contribution in [3.05, 3.63) is 42.0 Å². The first-order valence-electron chi connectivity index (χ1n) is 9.77. The second-order valence-corrected chi connectivity index (χ2v) is 7.17. The number of carbonyl (C=O) groups is 2. The van der Waals surface area contributed by atoms with Gasteiger partial charge in [0.05, 0.1) is 26.7 Å². The van der Waals surface area contributed by atoms with Crippen LogP contribution in [-0.2, 0) is 16.0 Å². The average Bonchev–Trinajstić information content (AvgIpc) is 3.12. The molecule has 2 aromatic rings. The van der Waals surface area contributed by atoms with E-state index in [1.54, 1.807) is 43.4 Å². The molecule has 30 heavy (non-hydrogen) atoms. The normalized spacial score (nSPS) is 17.6. The van der Waals surface area contributed by atoms with Gasteiger partial charge in [0.1, 0.15) is 13.2 Å². The third-order valence-electron chi connectivity index (χ3n) is 5.14. The van der Waals surface area contributed by atoms with Gasteiger partial charge in [0.2, 0.25) is 11.8 Å². The molecule has 0 unspecified atom stereocenters. The number of hydrogen-bond donors (Lipinski definition) is 1. The number of anilines is 1. The van der Waals surface area contributed by atoms with Crippen molar-refractivity contribution in [3.8, 4) is 23.0 Å². The van der Waals surface area contributed by atoms with Crippen molar-refractivity contribution in [3.63, 3.8) is 0 Å². The number of hydrogen-bond acceptors (Lipinski definition) is 6. The summed E-state index contributed by atoms with van der Waals surface area (Å²) in [6, 6.07) is 10.6. The van der Waals surface area contributed by atoms with E-state index in [-0.39, 0.29) is 30.7 Å². The van der Waals surface area contributed by atoms with E-state index in [0.717, 1.165) is 11.3 Å². The highest BCUT2D eigenvalue weighted by Crippen LogP contribution is 2.35. The van der Waals surface area contributed by atoms with Gasteiger partial charge in [0.15, 0.2) is 23.0 Å². The second kappa shape index (κ2) is 8.52. The van der Waals surface area contributed by atoms with Crippen LogP contribution in [0.25, 0.3) is 0 Å². The lowest BCUT2D eigenvalue weighted by atomic mass is 10.1. The van der Waals surface area contributed by atoms with Crippen LogP contribution in [0, 0.1) is 0 Å². The number of nitrogens with one attached hydrogen (secondary N) is 1. The van der Waals surface area contributed by atoms with Crippen LogP contribution in [0.5, 0.6) is 23.0 Å². The molecule has 1 saturated heterocycles. The maximum Gasteiger partial charge on any atom is 0.229 e. The van der Waals surface area contributed by atoms with Crippen molar-refractivity contribution >= 4 is 17.5 Å². The third kappa shape index (κ3) is 4.12. The van der Waals surface area contributed by atoms with Crippen molar-refractivity contribution < 1.29 is 28.5 Å². The van der Waals surface area contributed by atoms with Gasteiger partial charge in [-0.15, -0.1) is 0 Å². The number of methoxy groups -OCH3 is 2. The molecule has 0 saturated carbocycles. The summed E-state index contributed by atoms with van der Waals surface area (Å²) in [5, 5.41) is 2.96. The Kier molecular flexibility index (Phi) is 5.65. The molecule has 1 fully saturated rings. The molecule has 8 nitrogen and oxygen atoms in total. The van der Waals surface area contributed by atoms with Gasteiger partial charge in [0.25, 0.3) is 0 Å². The molecular weight excluding hydrogens is 388 g/mol. The first-order valence-corrected chi connectivity index (χ1v) is 9.77. The van der Waals surface area contributed by atoms with E-state index >= 15 is 0 Å². The van der Waals surface area contributed by atoms with E-state index in [0.29, 0.717) is 42.8 Å². The lowest BCUT2D eigenvalue weighted by Crippen LogP contribution is -2.38. The Morgan fingerprint density at radius 1 is 1.07 bits per heavy atom. The van der Waals surface area contributed by atoms with Gasteiger partial charge in [-0.1, -0.05) is 6.07 Å². The van der Waals surface area contributed by atoms with E-state index in [4.69, 9.17) is 18.9 Å². The molecule has 2 amide bonds. The summed E-state index contributed by atoms with van der Waals surface area (Å²) >= 11 is 0. The van der Waals surface area contributed by atoms with E-state index in [9.17, 15) is 9.59 Å². The number of nitrogens with zero attached hydrogens (tertiary/aromatic N) is 1. The van der Waals surface area contributed by atoms with E-state index in [2.05, 4.69) is 5.32 Å². The smallest absolute Gasteiger partial charge is 0.229 e. The lowest BCUT2D eigenvalue weighted by molar-refractivity contribution is -0.121. The molecule has 1 N–H and O–H groups in total. The minimum absolute atomic E-state index is 0.0388. The van der Waals surface area contributed by atoms with Crippen molar-refractivity contribution in [2.75, 3.05) is 38.9 Å².